The Balaban J connectivity index is 1.63. The third-order valence-corrected chi connectivity index (χ3v) is 4.84. The van der Waals surface area contributed by atoms with Crippen molar-refractivity contribution in [3.63, 3.8) is 0 Å². The molecular weight excluding hydrogens is 453 g/mol. The smallest absolute Gasteiger partial charge is 0.406 e. The first-order valence-electron chi connectivity index (χ1n) is 9.99. The molecule has 0 bridgehead atoms. The van der Waals surface area contributed by atoms with Gasteiger partial charge in [0.1, 0.15) is 12.3 Å². The molecule has 174 valence electrons. The first-order chi connectivity index (χ1) is 16.2. The van der Waals surface area contributed by atoms with Crippen LogP contribution in [0.15, 0.2) is 82.5 Å². The molecule has 0 aliphatic heterocycles. The van der Waals surface area contributed by atoms with Gasteiger partial charge in [-0.15, -0.1) is 13.2 Å². The van der Waals surface area contributed by atoms with Gasteiger partial charge in [0.25, 0.3) is 5.56 Å². The summed E-state index contributed by atoms with van der Waals surface area (Å²) in [7, 11) is 0. The Morgan fingerprint density at radius 3 is 2.32 bits per heavy atom. The van der Waals surface area contributed by atoms with E-state index in [9.17, 15) is 27.6 Å². The molecule has 4 rings (SSSR count). The van der Waals surface area contributed by atoms with Crippen molar-refractivity contribution in [2.24, 2.45) is 0 Å². The van der Waals surface area contributed by atoms with Crippen molar-refractivity contribution in [3.05, 3.63) is 99.3 Å². The molecule has 0 spiro atoms. The number of alkyl halides is 3. The van der Waals surface area contributed by atoms with Crippen molar-refractivity contribution in [3.8, 4) is 5.75 Å². The first kappa shape index (κ1) is 22.8. The summed E-state index contributed by atoms with van der Waals surface area (Å²) in [6.07, 6.45) is -3.42. The quantitative estimate of drug-likeness (QED) is 0.467. The number of pyridine rings is 1. The molecule has 2 aromatic carbocycles. The number of fused-ring (bicyclic) bond motifs is 1. The number of nitrogens with one attached hydrogen (secondary N) is 1. The SMILES string of the molecule is O=C(Cn1c(=O)n(Cc2ccccc2)c(=O)c2ncccc21)Nc1ccc(OC(F)(F)F)cc1. The van der Waals surface area contributed by atoms with E-state index in [0.29, 0.717) is 5.56 Å². The van der Waals surface area contributed by atoms with Gasteiger partial charge < -0.3 is 10.1 Å². The molecule has 8 nitrogen and oxygen atoms in total. The topological polar surface area (TPSA) is 95.2 Å². The molecule has 0 aliphatic carbocycles. The Kier molecular flexibility index (Phi) is 6.17. The average molecular weight is 470 g/mol. The molecule has 2 heterocycles. The van der Waals surface area contributed by atoms with Crippen molar-refractivity contribution in [1.82, 2.24) is 14.1 Å². The van der Waals surface area contributed by atoms with E-state index < -0.39 is 35.8 Å². The summed E-state index contributed by atoms with van der Waals surface area (Å²) in [6, 6.07) is 16.5. The fraction of sp³-hybridized carbons (Fsp3) is 0.130. The van der Waals surface area contributed by atoms with Gasteiger partial charge in [-0.2, -0.15) is 0 Å². The van der Waals surface area contributed by atoms with Crippen LogP contribution in [-0.2, 0) is 17.9 Å². The average Bonchev–Trinajstić information content (AvgIpc) is 2.80. The number of rotatable bonds is 6. The summed E-state index contributed by atoms with van der Waals surface area (Å²) in [5.41, 5.74) is -0.146. The number of hydrogen-bond acceptors (Lipinski definition) is 5. The van der Waals surface area contributed by atoms with Crippen LogP contribution in [0.5, 0.6) is 5.75 Å². The lowest BCUT2D eigenvalue weighted by atomic mass is 10.2. The summed E-state index contributed by atoms with van der Waals surface area (Å²) in [6.45, 7) is -0.454. The Morgan fingerprint density at radius 2 is 1.65 bits per heavy atom. The zero-order chi connectivity index (χ0) is 24.3. The second-order valence-corrected chi connectivity index (χ2v) is 7.24. The Bertz CT molecular complexity index is 1450. The molecule has 0 aliphatic rings. The maximum atomic E-state index is 13.2. The second-order valence-electron chi connectivity index (χ2n) is 7.24. The van der Waals surface area contributed by atoms with Gasteiger partial charge in [-0.1, -0.05) is 30.3 Å². The van der Waals surface area contributed by atoms with Gasteiger partial charge in [0, 0.05) is 11.9 Å². The van der Waals surface area contributed by atoms with Gasteiger partial charge in [-0.25, -0.2) is 9.78 Å². The highest BCUT2D eigenvalue weighted by atomic mass is 19.4. The van der Waals surface area contributed by atoms with E-state index in [0.717, 1.165) is 21.3 Å². The van der Waals surface area contributed by atoms with E-state index in [4.69, 9.17) is 0 Å². The summed E-state index contributed by atoms with van der Waals surface area (Å²) in [5.74, 6) is -1.06. The standard InChI is InChI=1S/C23H17F3N4O4/c24-23(25,26)34-17-10-8-16(9-11-17)28-19(31)14-29-18-7-4-12-27-20(18)21(32)30(22(29)33)13-15-5-2-1-3-6-15/h1-12H,13-14H2,(H,28,31). The van der Waals surface area contributed by atoms with Gasteiger partial charge in [-0.05, 0) is 42.0 Å². The predicted molar refractivity (Wildman–Crippen MR) is 118 cm³/mol. The number of carbonyl (C=O) groups excluding carboxylic acids is 1. The molecule has 0 saturated carbocycles. The van der Waals surface area contributed by atoms with Gasteiger partial charge in [0.2, 0.25) is 5.91 Å². The van der Waals surface area contributed by atoms with Crippen molar-refractivity contribution in [2.75, 3.05) is 5.32 Å². The lowest BCUT2D eigenvalue weighted by molar-refractivity contribution is -0.274. The number of amides is 1. The van der Waals surface area contributed by atoms with Gasteiger partial charge in [-0.3, -0.25) is 18.7 Å². The lowest BCUT2D eigenvalue weighted by Crippen LogP contribution is -2.42. The van der Waals surface area contributed by atoms with Crippen LogP contribution in [0.1, 0.15) is 5.56 Å². The highest BCUT2D eigenvalue weighted by Gasteiger charge is 2.31. The number of hydrogen-bond donors (Lipinski definition) is 1. The summed E-state index contributed by atoms with van der Waals surface area (Å²) >= 11 is 0. The first-order valence-corrected chi connectivity index (χ1v) is 9.99. The largest absolute Gasteiger partial charge is 0.573 e. The molecule has 0 radical (unpaired) electrons. The fourth-order valence-electron chi connectivity index (χ4n) is 3.39. The van der Waals surface area contributed by atoms with E-state index in [1.54, 1.807) is 30.3 Å². The van der Waals surface area contributed by atoms with E-state index >= 15 is 0 Å². The van der Waals surface area contributed by atoms with E-state index in [-0.39, 0.29) is 23.3 Å². The molecule has 4 aromatic rings. The minimum Gasteiger partial charge on any atom is -0.406 e. The normalized spacial score (nSPS) is 11.4. The molecule has 11 heteroatoms. The molecule has 0 fully saturated rings. The zero-order valence-corrected chi connectivity index (χ0v) is 17.5. The summed E-state index contributed by atoms with van der Waals surface area (Å²) in [5, 5.41) is 2.51. The Hall–Kier alpha value is -4.41. The maximum absolute atomic E-state index is 13.2. The third-order valence-electron chi connectivity index (χ3n) is 4.84. The third kappa shape index (κ3) is 5.14. The number of anilines is 1. The predicted octanol–water partition coefficient (Wildman–Crippen LogP) is 3.14. The number of ether oxygens (including phenoxy) is 1. The van der Waals surface area contributed by atoms with Gasteiger partial charge >= 0.3 is 12.1 Å². The highest BCUT2D eigenvalue weighted by molar-refractivity contribution is 5.91. The number of nitrogens with zero attached hydrogens (tertiary/aromatic N) is 3. The Morgan fingerprint density at radius 1 is 0.941 bits per heavy atom. The molecule has 34 heavy (non-hydrogen) atoms. The van der Waals surface area contributed by atoms with Crippen molar-refractivity contribution >= 4 is 22.6 Å². The minimum atomic E-state index is -4.83. The lowest BCUT2D eigenvalue weighted by Gasteiger charge is -2.14. The van der Waals surface area contributed by atoms with E-state index in [2.05, 4.69) is 15.0 Å². The van der Waals surface area contributed by atoms with Gasteiger partial charge in [0.15, 0.2) is 5.52 Å². The van der Waals surface area contributed by atoms with Crippen LogP contribution < -0.4 is 21.3 Å². The molecule has 1 amide bonds. The number of halogens is 3. The van der Waals surface area contributed by atoms with Crippen LogP contribution in [0, 0.1) is 0 Å². The fourth-order valence-corrected chi connectivity index (χ4v) is 3.39. The van der Waals surface area contributed by atoms with Gasteiger partial charge in [0.05, 0.1) is 12.1 Å². The van der Waals surface area contributed by atoms with Crippen LogP contribution in [0.4, 0.5) is 18.9 Å². The second kappa shape index (κ2) is 9.22. The zero-order valence-electron chi connectivity index (χ0n) is 17.5. The number of benzene rings is 2. The van der Waals surface area contributed by atoms with Crippen LogP contribution in [-0.4, -0.2) is 26.4 Å². The molecule has 0 unspecified atom stereocenters. The molecular formula is C23H17F3N4O4. The molecule has 0 saturated heterocycles. The summed E-state index contributed by atoms with van der Waals surface area (Å²) in [4.78, 5) is 42.8. The minimum absolute atomic E-state index is 0.00664. The number of aromatic nitrogens is 3. The number of carbonyl (C=O) groups is 1. The highest BCUT2D eigenvalue weighted by Crippen LogP contribution is 2.24. The maximum Gasteiger partial charge on any atom is 0.573 e. The summed E-state index contributed by atoms with van der Waals surface area (Å²) < 4.78 is 42.8. The van der Waals surface area contributed by atoms with Crippen molar-refractivity contribution < 1.29 is 22.7 Å². The van der Waals surface area contributed by atoms with E-state index in [1.807, 2.05) is 0 Å². The molecule has 2 aromatic heterocycles. The molecule has 0 atom stereocenters. The Labute approximate surface area is 189 Å². The van der Waals surface area contributed by atoms with Crippen LogP contribution in [0.25, 0.3) is 11.0 Å². The van der Waals surface area contributed by atoms with Crippen LogP contribution in [0.2, 0.25) is 0 Å². The van der Waals surface area contributed by atoms with Crippen molar-refractivity contribution in [1.29, 1.82) is 0 Å². The molecule has 1 N–H and O–H groups in total. The van der Waals surface area contributed by atoms with Crippen molar-refractivity contribution in [2.45, 2.75) is 19.5 Å². The monoisotopic (exact) mass is 470 g/mol. The van der Waals surface area contributed by atoms with Crippen LogP contribution in [0.3, 0.4) is 0 Å². The van der Waals surface area contributed by atoms with E-state index in [1.165, 1.54) is 30.5 Å². The van der Waals surface area contributed by atoms with Crippen LogP contribution >= 0.6 is 0 Å².